The zero-order valence-electron chi connectivity index (χ0n) is 9.41. The summed E-state index contributed by atoms with van der Waals surface area (Å²) in [6.07, 6.45) is 2.63. The summed E-state index contributed by atoms with van der Waals surface area (Å²) in [5.74, 6) is 0.721. The topological polar surface area (TPSA) is 29.3 Å². The molecule has 1 aromatic heterocycles. The van der Waals surface area contributed by atoms with Gasteiger partial charge in [0.15, 0.2) is 0 Å². The molecule has 15 heavy (non-hydrogen) atoms. The van der Waals surface area contributed by atoms with Gasteiger partial charge >= 0.3 is 0 Å². The first-order chi connectivity index (χ1) is 7.29. The lowest BCUT2D eigenvalue weighted by atomic mass is 9.98. The molecule has 1 saturated heterocycles. The van der Waals surface area contributed by atoms with Crippen LogP contribution in [-0.4, -0.2) is 24.5 Å². The monoisotopic (exact) mass is 224 g/mol. The van der Waals surface area contributed by atoms with E-state index in [2.05, 4.69) is 23.3 Å². The van der Waals surface area contributed by atoms with E-state index in [9.17, 15) is 0 Å². The molecule has 0 amide bonds. The van der Waals surface area contributed by atoms with Crippen molar-refractivity contribution >= 4 is 11.3 Å². The molecule has 2 N–H and O–H groups in total. The Bertz CT molecular complexity index is 308. The molecular formula is C12H20N2S. The van der Waals surface area contributed by atoms with E-state index in [-0.39, 0.29) is 0 Å². The van der Waals surface area contributed by atoms with Crippen molar-refractivity contribution in [2.24, 2.45) is 11.7 Å². The normalized spacial score (nSPS) is 23.2. The molecule has 0 radical (unpaired) electrons. The number of nitrogens with two attached hydrogens (primary N) is 1. The lowest BCUT2D eigenvalue weighted by molar-refractivity contribution is 0.172. The minimum Gasteiger partial charge on any atom is -0.330 e. The Balaban J connectivity index is 1.92. The smallest absolute Gasteiger partial charge is 0.0330 e. The van der Waals surface area contributed by atoms with Gasteiger partial charge in [0.2, 0.25) is 0 Å². The summed E-state index contributed by atoms with van der Waals surface area (Å²) in [6, 6.07) is 2.21. The van der Waals surface area contributed by atoms with Crippen molar-refractivity contribution in [3.63, 3.8) is 0 Å². The molecule has 1 fully saturated rings. The Morgan fingerprint density at radius 2 is 2.47 bits per heavy atom. The number of hydrogen-bond donors (Lipinski definition) is 1. The Kier molecular flexibility index (Phi) is 3.78. The zero-order chi connectivity index (χ0) is 10.7. The summed E-state index contributed by atoms with van der Waals surface area (Å²) in [7, 11) is 0. The minimum atomic E-state index is 0.721. The third-order valence-corrected chi connectivity index (χ3v) is 4.28. The van der Waals surface area contributed by atoms with E-state index < -0.39 is 0 Å². The van der Waals surface area contributed by atoms with E-state index in [1.165, 1.54) is 36.4 Å². The number of piperidine rings is 1. The Labute approximate surface area is 96.1 Å². The number of nitrogens with zero attached hydrogens (tertiary/aromatic N) is 1. The zero-order valence-corrected chi connectivity index (χ0v) is 10.2. The van der Waals surface area contributed by atoms with Gasteiger partial charge in [-0.15, -0.1) is 11.3 Å². The number of likely N-dealkylation sites (tertiary alicyclic amines) is 1. The number of aryl methyl sites for hydroxylation is 1. The highest BCUT2D eigenvalue weighted by Crippen LogP contribution is 2.22. The van der Waals surface area contributed by atoms with Crippen LogP contribution in [0.2, 0.25) is 0 Å². The van der Waals surface area contributed by atoms with Crippen LogP contribution < -0.4 is 5.73 Å². The van der Waals surface area contributed by atoms with Gasteiger partial charge in [0, 0.05) is 18.0 Å². The van der Waals surface area contributed by atoms with Gasteiger partial charge in [-0.25, -0.2) is 0 Å². The predicted octanol–water partition coefficient (Wildman–Crippen LogP) is 2.23. The van der Waals surface area contributed by atoms with Crippen molar-refractivity contribution in [2.75, 3.05) is 19.6 Å². The Morgan fingerprint density at radius 1 is 1.60 bits per heavy atom. The first-order valence-corrected chi connectivity index (χ1v) is 6.63. The van der Waals surface area contributed by atoms with Gasteiger partial charge in [-0.2, -0.15) is 0 Å². The van der Waals surface area contributed by atoms with Crippen molar-refractivity contribution in [1.29, 1.82) is 0 Å². The van der Waals surface area contributed by atoms with Gasteiger partial charge in [-0.1, -0.05) is 0 Å². The van der Waals surface area contributed by atoms with Crippen molar-refractivity contribution < 1.29 is 0 Å². The van der Waals surface area contributed by atoms with Crippen LogP contribution in [0.5, 0.6) is 0 Å². The standard InChI is InChI=1S/C12H20N2S/c1-10-4-6-15-12(10)9-14-5-2-3-11(7-13)8-14/h4,6,11H,2-3,5,7-9,13H2,1H3/t11-/m1/s1. The number of hydrogen-bond acceptors (Lipinski definition) is 3. The highest BCUT2D eigenvalue weighted by molar-refractivity contribution is 7.10. The molecule has 0 aromatic carbocycles. The Hall–Kier alpha value is -0.380. The maximum Gasteiger partial charge on any atom is 0.0330 e. The summed E-state index contributed by atoms with van der Waals surface area (Å²) in [5.41, 5.74) is 7.18. The van der Waals surface area contributed by atoms with Crippen molar-refractivity contribution in [3.05, 3.63) is 21.9 Å². The molecule has 1 atom stereocenters. The van der Waals surface area contributed by atoms with E-state index >= 15 is 0 Å². The molecule has 2 rings (SSSR count). The molecule has 1 aromatic rings. The molecule has 3 heteroatoms. The highest BCUT2D eigenvalue weighted by atomic mass is 32.1. The maximum atomic E-state index is 5.74. The first-order valence-electron chi connectivity index (χ1n) is 5.75. The fourth-order valence-electron chi connectivity index (χ4n) is 2.26. The van der Waals surface area contributed by atoms with Crippen LogP contribution in [0.4, 0.5) is 0 Å². The first kappa shape index (κ1) is 11.1. The molecule has 0 bridgehead atoms. The van der Waals surface area contributed by atoms with E-state index in [0.717, 1.165) is 19.0 Å². The van der Waals surface area contributed by atoms with Gasteiger partial charge in [-0.05, 0) is 55.8 Å². The Morgan fingerprint density at radius 3 is 3.13 bits per heavy atom. The second-order valence-electron chi connectivity index (χ2n) is 4.51. The van der Waals surface area contributed by atoms with Crippen molar-refractivity contribution in [1.82, 2.24) is 4.90 Å². The van der Waals surface area contributed by atoms with Gasteiger partial charge in [0.1, 0.15) is 0 Å². The molecule has 1 aliphatic rings. The van der Waals surface area contributed by atoms with Crippen molar-refractivity contribution in [3.8, 4) is 0 Å². The molecule has 0 saturated carbocycles. The van der Waals surface area contributed by atoms with Crippen LogP contribution in [0.1, 0.15) is 23.3 Å². The number of rotatable bonds is 3. The van der Waals surface area contributed by atoms with E-state index in [0.29, 0.717) is 0 Å². The van der Waals surface area contributed by atoms with Gasteiger partial charge < -0.3 is 5.73 Å². The third-order valence-electron chi connectivity index (χ3n) is 3.27. The van der Waals surface area contributed by atoms with Crippen LogP contribution in [-0.2, 0) is 6.54 Å². The van der Waals surface area contributed by atoms with Gasteiger partial charge in [0.25, 0.3) is 0 Å². The van der Waals surface area contributed by atoms with Gasteiger partial charge in [-0.3, -0.25) is 4.90 Å². The summed E-state index contributed by atoms with van der Waals surface area (Å²) >= 11 is 1.88. The summed E-state index contributed by atoms with van der Waals surface area (Å²) in [4.78, 5) is 4.08. The number of thiophene rings is 1. The van der Waals surface area contributed by atoms with E-state index in [4.69, 9.17) is 5.73 Å². The second-order valence-corrected chi connectivity index (χ2v) is 5.51. The van der Waals surface area contributed by atoms with E-state index in [1.54, 1.807) is 0 Å². The average Bonchev–Trinajstić information content (AvgIpc) is 2.65. The summed E-state index contributed by atoms with van der Waals surface area (Å²) in [6.45, 7) is 6.61. The maximum absolute atomic E-state index is 5.74. The SMILES string of the molecule is Cc1ccsc1CN1CCC[C@H](CN)C1. The average molecular weight is 224 g/mol. The molecule has 2 nitrogen and oxygen atoms in total. The molecule has 0 aliphatic carbocycles. The summed E-state index contributed by atoms with van der Waals surface area (Å²) in [5, 5.41) is 2.19. The van der Waals surface area contributed by atoms with Crippen LogP contribution in [0.3, 0.4) is 0 Å². The third kappa shape index (κ3) is 2.80. The van der Waals surface area contributed by atoms with Crippen LogP contribution in [0.15, 0.2) is 11.4 Å². The minimum absolute atomic E-state index is 0.721. The fourth-order valence-corrected chi connectivity index (χ4v) is 3.20. The molecule has 84 valence electrons. The molecular weight excluding hydrogens is 204 g/mol. The van der Waals surface area contributed by atoms with Crippen molar-refractivity contribution in [2.45, 2.75) is 26.3 Å². The predicted molar refractivity (Wildman–Crippen MR) is 66.1 cm³/mol. The quantitative estimate of drug-likeness (QED) is 0.853. The summed E-state index contributed by atoms with van der Waals surface area (Å²) < 4.78 is 0. The largest absolute Gasteiger partial charge is 0.330 e. The lowest BCUT2D eigenvalue weighted by Gasteiger charge is -2.31. The fraction of sp³-hybridized carbons (Fsp3) is 0.667. The molecule has 0 spiro atoms. The van der Waals surface area contributed by atoms with E-state index in [1.807, 2.05) is 11.3 Å². The highest BCUT2D eigenvalue weighted by Gasteiger charge is 2.19. The second kappa shape index (κ2) is 5.10. The van der Waals surface area contributed by atoms with Crippen LogP contribution in [0, 0.1) is 12.8 Å². The molecule has 1 aliphatic heterocycles. The van der Waals surface area contributed by atoms with Gasteiger partial charge in [0.05, 0.1) is 0 Å². The lowest BCUT2D eigenvalue weighted by Crippen LogP contribution is -2.37. The molecule has 0 unspecified atom stereocenters. The molecule has 2 heterocycles. The van der Waals surface area contributed by atoms with Crippen LogP contribution in [0.25, 0.3) is 0 Å². The van der Waals surface area contributed by atoms with Crippen LogP contribution >= 0.6 is 11.3 Å².